The van der Waals surface area contributed by atoms with E-state index in [1.54, 1.807) is 11.6 Å². The summed E-state index contributed by atoms with van der Waals surface area (Å²) < 4.78 is 10.1. The number of ether oxygens (including phenoxy) is 2. The van der Waals surface area contributed by atoms with Gasteiger partial charge in [-0.05, 0) is 0 Å². The first-order chi connectivity index (χ1) is 8.89. The fourth-order valence-electron chi connectivity index (χ4n) is 1.41. The Morgan fingerprint density at radius 3 is 2.89 bits per heavy atom. The SMILES string of the molecule is C=C(C=Nc1nccs1)C1=C(O)OC(C)(C)OC1=O. The topological polar surface area (TPSA) is 81.0 Å². The number of esters is 1. The van der Waals surface area contributed by atoms with E-state index in [-0.39, 0.29) is 11.1 Å². The Morgan fingerprint density at radius 2 is 2.32 bits per heavy atom. The van der Waals surface area contributed by atoms with Crippen molar-refractivity contribution >= 4 is 28.7 Å². The predicted octanol–water partition coefficient (Wildman–Crippen LogP) is 2.48. The van der Waals surface area contributed by atoms with Gasteiger partial charge in [0, 0.05) is 37.2 Å². The Balaban J connectivity index is 2.21. The summed E-state index contributed by atoms with van der Waals surface area (Å²) in [4.78, 5) is 19.7. The van der Waals surface area contributed by atoms with Gasteiger partial charge in [0.05, 0.1) is 0 Å². The van der Waals surface area contributed by atoms with E-state index < -0.39 is 17.7 Å². The Bertz CT molecular complexity index is 573. The number of aliphatic hydroxyl groups is 1. The van der Waals surface area contributed by atoms with Gasteiger partial charge in [-0.3, -0.25) is 0 Å². The van der Waals surface area contributed by atoms with Gasteiger partial charge in [0.1, 0.15) is 5.57 Å². The van der Waals surface area contributed by atoms with Crippen molar-refractivity contribution in [2.45, 2.75) is 19.6 Å². The van der Waals surface area contributed by atoms with E-state index in [4.69, 9.17) is 9.47 Å². The molecule has 2 heterocycles. The zero-order valence-corrected chi connectivity index (χ0v) is 11.2. The van der Waals surface area contributed by atoms with Crippen LogP contribution >= 0.6 is 11.3 Å². The van der Waals surface area contributed by atoms with Crippen LogP contribution < -0.4 is 0 Å². The molecule has 1 aromatic rings. The number of thiazole rings is 1. The van der Waals surface area contributed by atoms with Crippen molar-refractivity contribution in [3.63, 3.8) is 0 Å². The molecule has 0 fully saturated rings. The summed E-state index contributed by atoms with van der Waals surface area (Å²) in [6.07, 6.45) is 2.94. The van der Waals surface area contributed by atoms with Crippen LogP contribution in [0.15, 0.2) is 40.2 Å². The molecular formula is C12H12N2O4S. The second-order valence-electron chi connectivity index (χ2n) is 4.17. The highest BCUT2D eigenvalue weighted by Crippen LogP contribution is 2.28. The predicted molar refractivity (Wildman–Crippen MR) is 70.3 cm³/mol. The van der Waals surface area contributed by atoms with Crippen LogP contribution in [0.2, 0.25) is 0 Å². The molecule has 100 valence electrons. The van der Waals surface area contributed by atoms with Crippen LogP contribution in [0, 0.1) is 0 Å². The third-order valence-electron chi connectivity index (χ3n) is 2.17. The molecule has 0 radical (unpaired) electrons. The van der Waals surface area contributed by atoms with Crippen LogP contribution in [0.5, 0.6) is 0 Å². The van der Waals surface area contributed by atoms with Crippen molar-refractivity contribution in [3.05, 3.63) is 35.2 Å². The number of aromatic nitrogens is 1. The van der Waals surface area contributed by atoms with Gasteiger partial charge < -0.3 is 14.6 Å². The van der Waals surface area contributed by atoms with Crippen LogP contribution in [-0.2, 0) is 14.3 Å². The number of hydrogen-bond donors (Lipinski definition) is 1. The van der Waals surface area contributed by atoms with Gasteiger partial charge in [-0.2, -0.15) is 0 Å². The second-order valence-corrected chi connectivity index (χ2v) is 5.04. The van der Waals surface area contributed by atoms with Gasteiger partial charge in [0.2, 0.25) is 5.13 Å². The minimum atomic E-state index is -1.20. The zero-order chi connectivity index (χ0) is 14.0. The van der Waals surface area contributed by atoms with Crippen molar-refractivity contribution < 1.29 is 19.4 Å². The molecule has 1 aliphatic heterocycles. The van der Waals surface area contributed by atoms with E-state index in [1.165, 1.54) is 31.4 Å². The molecular weight excluding hydrogens is 268 g/mol. The van der Waals surface area contributed by atoms with Crippen LogP contribution in [0.3, 0.4) is 0 Å². The molecule has 1 aliphatic rings. The highest BCUT2D eigenvalue weighted by molar-refractivity contribution is 7.13. The van der Waals surface area contributed by atoms with Crippen molar-refractivity contribution in [1.82, 2.24) is 4.98 Å². The van der Waals surface area contributed by atoms with E-state index in [2.05, 4.69) is 16.6 Å². The van der Waals surface area contributed by atoms with E-state index in [1.807, 2.05) is 0 Å². The number of nitrogens with zero attached hydrogens (tertiary/aromatic N) is 2. The Labute approximate surface area is 113 Å². The molecule has 1 aromatic heterocycles. The Kier molecular flexibility index (Phi) is 3.39. The van der Waals surface area contributed by atoms with E-state index in [0.717, 1.165) is 0 Å². The summed E-state index contributed by atoms with van der Waals surface area (Å²) in [5.74, 6) is -2.42. The molecule has 6 nitrogen and oxygen atoms in total. The molecule has 0 saturated heterocycles. The minimum absolute atomic E-state index is 0.139. The van der Waals surface area contributed by atoms with Crippen molar-refractivity contribution in [1.29, 1.82) is 0 Å². The van der Waals surface area contributed by atoms with Gasteiger partial charge in [0.25, 0.3) is 11.7 Å². The number of aliphatic hydroxyl groups excluding tert-OH is 1. The Hall–Kier alpha value is -2.15. The highest BCUT2D eigenvalue weighted by Gasteiger charge is 2.36. The Morgan fingerprint density at radius 1 is 1.58 bits per heavy atom. The molecule has 1 N–H and O–H groups in total. The molecule has 0 aliphatic carbocycles. The summed E-state index contributed by atoms with van der Waals surface area (Å²) in [6.45, 7) is 6.69. The number of carbonyl (C=O) groups is 1. The van der Waals surface area contributed by atoms with Gasteiger partial charge in [-0.15, -0.1) is 11.3 Å². The number of hydrogen-bond acceptors (Lipinski definition) is 7. The zero-order valence-electron chi connectivity index (χ0n) is 10.4. The molecule has 0 spiro atoms. The molecule has 0 saturated carbocycles. The average Bonchev–Trinajstić information content (AvgIpc) is 2.76. The fraction of sp³-hybridized carbons (Fsp3) is 0.250. The fourth-order valence-corrected chi connectivity index (χ4v) is 1.89. The smallest absolute Gasteiger partial charge is 0.349 e. The van der Waals surface area contributed by atoms with Crippen LogP contribution in [-0.4, -0.2) is 28.1 Å². The van der Waals surface area contributed by atoms with Crippen LogP contribution in [0.25, 0.3) is 0 Å². The van der Waals surface area contributed by atoms with Crippen LogP contribution in [0.1, 0.15) is 13.8 Å². The van der Waals surface area contributed by atoms with Crippen molar-refractivity contribution in [3.8, 4) is 0 Å². The first kappa shape index (κ1) is 13.3. The van der Waals surface area contributed by atoms with E-state index >= 15 is 0 Å². The van der Waals surface area contributed by atoms with Gasteiger partial charge >= 0.3 is 5.97 Å². The van der Waals surface area contributed by atoms with Gasteiger partial charge in [-0.25, -0.2) is 14.8 Å². The minimum Gasteiger partial charge on any atom is -0.480 e. The first-order valence-electron chi connectivity index (χ1n) is 5.37. The first-order valence-corrected chi connectivity index (χ1v) is 6.25. The van der Waals surface area contributed by atoms with Crippen molar-refractivity contribution in [2.75, 3.05) is 0 Å². The lowest BCUT2D eigenvalue weighted by atomic mass is 10.1. The lowest BCUT2D eigenvalue weighted by Crippen LogP contribution is -2.37. The third-order valence-corrected chi connectivity index (χ3v) is 2.85. The molecule has 0 bridgehead atoms. The van der Waals surface area contributed by atoms with E-state index in [0.29, 0.717) is 5.13 Å². The van der Waals surface area contributed by atoms with Gasteiger partial charge in [-0.1, -0.05) is 6.58 Å². The molecule has 19 heavy (non-hydrogen) atoms. The highest BCUT2D eigenvalue weighted by atomic mass is 32.1. The third kappa shape index (κ3) is 3.00. The number of aliphatic imine (C=N–C) groups is 1. The molecule has 0 aromatic carbocycles. The molecule has 7 heteroatoms. The maximum absolute atomic E-state index is 11.8. The summed E-state index contributed by atoms with van der Waals surface area (Å²) in [6, 6.07) is 0. The quantitative estimate of drug-likeness (QED) is 0.679. The van der Waals surface area contributed by atoms with Crippen LogP contribution in [0.4, 0.5) is 5.13 Å². The molecule has 2 rings (SSSR count). The maximum atomic E-state index is 11.8. The summed E-state index contributed by atoms with van der Waals surface area (Å²) in [5, 5.41) is 12.0. The summed E-state index contributed by atoms with van der Waals surface area (Å²) in [5.41, 5.74) is 0.0489. The number of rotatable bonds is 3. The lowest BCUT2D eigenvalue weighted by Gasteiger charge is -2.30. The maximum Gasteiger partial charge on any atom is 0.349 e. The van der Waals surface area contributed by atoms with Crippen molar-refractivity contribution in [2.24, 2.45) is 4.99 Å². The normalized spacial score (nSPS) is 18.3. The summed E-state index contributed by atoms with van der Waals surface area (Å²) >= 11 is 1.34. The lowest BCUT2D eigenvalue weighted by molar-refractivity contribution is -0.221. The van der Waals surface area contributed by atoms with Gasteiger partial charge in [0.15, 0.2) is 0 Å². The van der Waals surface area contributed by atoms with E-state index in [9.17, 15) is 9.90 Å². The standard InChI is InChI=1S/C12H12N2O4S/c1-7(6-14-11-13-4-5-19-11)8-9(15)17-12(2,3)18-10(8)16/h4-6,15H,1H2,2-3H3. The summed E-state index contributed by atoms with van der Waals surface area (Å²) in [7, 11) is 0. The molecule has 0 unspecified atom stereocenters. The monoisotopic (exact) mass is 280 g/mol. The molecule has 0 atom stereocenters. The largest absolute Gasteiger partial charge is 0.480 e. The second kappa shape index (κ2) is 4.85. The average molecular weight is 280 g/mol. The number of cyclic esters (lactones) is 1. The number of carbonyl (C=O) groups excluding carboxylic acids is 1. The molecule has 0 amide bonds.